The highest BCUT2D eigenvalue weighted by molar-refractivity contribution is 7.89. The Hall–Kier alpha value is -1.58. The molecule has 0 bridgehead atoms. The normalized spacial score (nSPS) is 20.6. The van der Waals surface area contributed by atoms with Crippen LogP contribution in [0.25, 0.3) is 0 Å². The van der Waals surface area contributed by atoms with Gasteiger partial charge in [-0.2, -0.15) is 4.31 Å². The van der Waals surface area contributed by atoms with Crippen LogP contribution < -0.4 is 0 Å². The van der Waals surface area contributed by atoms with Crippen LogP contribution in [0.2, 0.25) is 0 Å². The largest absolute Gasteiger partial charge is 0.468 e. The van der Waals surface area contributed by atoms with Crippen LogP contribution in [0.3, 0.4) is 0 Å². The van der Waals surface area contributed by atoms with Gasteiger partial charge in [-0.15, -0.1) is 0 Å². The van der Waals surface area contributed by atoms with E-state index in [0.29, 0.717) is 0 Å². The molecule has 1 saturated heterocycles. The van der Waals surface area contributed by atoms with Crippen LogP contribution in [-0.2, 0) is 24.3 Å². The minimum atomic E-state index is -4.23. The number of methoxy groups -OCH3 is 1. The maximum absolute atomic E-state index is 13.6. The molecule has 0 spiro atoms. The van der Waals surface area contributed by atoms with E-state index >= 15 is 0 Å². The van der Waals surface area contributed by atoms with Gasteiger partial charge in [-0.05, 0) is 12.1 Å². The van der Waals surface area contributed by atoms with Crippen molar-refractivity contribution < 1.29 is 27.1 Å². The molecular weight excluding hydrogens is 291 g/mol. The van der Waals surface area contributed by atoms with Crippen molar-refractivity contribution in [2.75, 3.05) is 26.9 Å². The number of carbonyl (C=O) groups excluding carboxylic acids is 1. The second-order valence-corrected chi connectivity index (χ2v) is 5.83. The maximum atomic E-state index is 13.6. The monoisotopic (exact) mass is 304 g/mol. The van der Waals surface area contributed by atoms with Gasteiger partial charge in [0.25, 0.3) is 10.0 Å². The molecule has 0 N–H and O–H groups in total. The Morgan fingerprint density at radius 2 is 2.35 bits per heavy atom. The molecule has 0 radical (unpaired) electrons. The molecule has 1 aromatic heterocycles. The third-order valence-electron chi connectivity index (χ3n) is 2.83. The highest BCUT2D eigenvalue weighted by Gasteiger charge is 2.40. The van der Waals surface area contributed by atoms with Crippen LogP contribution in [0.1, 0.15) is 0 Å². The smallest absolute Gasteiger partial charge is 0.326 e. The summed E-state index contributed by atoms with van der Waals surface area (Å²) in [6, 6.07) is 1.14. The first-order chi connectivity index (χ1) is 9.48. The molecule has 0 aromatic carbocycles. The van der Waals surface area contributed by atoms with E-state index in [1.807, 2.05) is 0 Å². The van der Waals surface area contributed by atoms with E-state index in [-0.39, 0.29) is 19.8 Å². The second-order valence-electron chi connectivity index (χ2n) is 4.02. The Labute approximate surface area is 115 Å². The summed E-state index contributed by atoms with van der Waals surface area (Å²) in [4.78, 5) is 15.2. The number of hydrogen-bond donors (Lipinski definition) is 0. The van der Waals surface area contributed by atoms with Crippen LogP contribution >= 0.6 is 0 Å². The van der Waals surface area contributed by atoms with Gasteiger partial charge in [0.2, 0.25) is 5.03 Å². The molecule has 9 heteroatoms. The summed E-state index contributed by atoms with van der Waals surface area (Å²) in [5.41, 5.74) is 0. The number of esters is 1. The minimum absolute atomic E-state index is 0.0713. The second kappa shape index (κ2) is 5.81. The highest BCUT2D eigenvalue weighted by Crippen LogP contribution is 2.21. The first-order valence-corrected chi connectivity index (χ1v) is 7.20. The number of sulfonamides is 1. The summed E-state index contributed by atoms with van der Waals surface area (Å²) in [5.74, 6) is -1.73. The Balaban J connectivity index is 2.41. The molecule has 0 saturated carbocycles. The lowest BCUT2D eigenvalue weighted by molar-refractivity contribution is -0.149. The van der Waals surface area contributed by atoms with E-state index in [9.17, 15) is 17.6 Å². The van der Waals surface area contributed by atoms with Crippen LogP contribution in [0.5, 0.6) is 0 Å². The Morgan fingerprint density at radius 1 is 1.60 bits per heavy atom. The number of carbonyl (C=O) groups is 1. The molecule has 1 aliphatic heterocycles. The van der Waals surface area contributed by atoms with Gasteiger partial charge < -0.3 is 9.47 Å². The molecule has 7 nitrogen and oxygen atoms in total. The van der Waals surface area contributed by atoms with Crippen LogP contribution in [-0.4, -0.2) is 56.6 Å². The van der Waals surface area contributed by atoms with Gasteiger partial charge in [-0.25, -0.2) is 17.8 Å². The molecular formula is C11H13FN2O5S. The van der Waals surface area contributed by atoms with E-state index in [0.717, 1.165) is 17.5 Å². The lowest BCUT2D eigenvalue weighted by atomic mass is 10.3. The standard InChI is InChI=1S/C11H13FN2O5S/c1-18-11(15)9-7-19-6-5-14(9)20(16,17)10-8(12)3-2-4-13-10/h2-4,9H,5-7H2,1H3. The average molecular weight is 304 g/mol. The third kappa shape index (κ3) is 2.65. The van der Waals surface area contributed by atoms with Crippen LogP contribution in [0.4, 0.5) is 4.39 Å². The fourth-order valence-electron chi connectivity index (χ4n) is 1.87. The lowest BCUT2D eigenvalue weighted by Gasteiger charge is -2.32. The zero-order chi connectivity index (χ0) is 14.8. The summed E-state index contributed by atoms with van der Waals surface area (Å²) >= 11 is 0. The van der Waals surface area contributed by atoms with Gasteiger partial charge in [0.15, 0.2) is 5.82 Å². The molecule has 2 heterocycles. The van der Waals surface area contributed by atoms with Gasteiger partial charge in [0.05, 0.1) is 20.3 Å². The summed E-state index contributed by atoms with van der Waals surface area (Å²) in [7, 11) is -3.09. The van der Waals surface area contributed by atoms with Crippen molar-refractivity contribution in [3.63, 3.8) is 0 Å². The fourth-order valence-corrected chi connectivity index (χ4v) is 3.40. The number of halogens is 1. The van der Waals surface area contributed by atoms with E-state index in [2.05, 4.69) is 9.72 Å². The summed E-state index contributed by atoms with van der Waals surface area (Å²) in [6.07, 6.45) is 1.17. The van der Waals surface area contributed by atoms with Gasteiger partial charge in [0, 0.05) is 12.7 Å². The van der Waals surface area contributed by atoms with Crippen molar-refractivity contribution >= 4 is 16.0 Å². The number of aromatic nitrogens is 1. The number of nitrogens with zero attached hydrogens (tertiary/aromatic N) is 2. The maximum Gasteiger partial charge on any atom is 0.326 e. The predicted octanol–water partition coefficient (Wildman–Crippen LogP) is -0.217. The minimum Gasteiger partial charge on any atom is -0.468 e. The van der Waals surface area contributed by atoms with Gasteiger partial charge in [-0.1, -0.05) is 0 Å². The zero-order valence-electron chi connectivity index (χ0n) is 10.7. The molecule has 1 fully saturated rings. The molecule has 1 unspecified atom stereocenters. The molecule has 110 valence electrons. The third-order valence-corrected chi connectivity index (χ3v) is 4.67. The van der Waals surface area contributed by atoms with Crippen molar-refractivity contribution in [3.8, 4) is 0 Å². The van der Waals surface area contributed by atoms with Crippen molar-refractivity contribution in [2.24, 2.45) is 0 Å². The number of pyridine rings is 1. The van der Waals surface area contributed by atoms with E-state index in [1.165, 1.54) is 12.3 Å². The topological polar surface area (TPSA) is 85.8 Å². The first kappa shape index (κ1) is 14.8. The molecule has 1 aromatic rings. The van der Waals surface area contributed by atoms with Crippen molar-refractivity contribution in [1.29, 1.82) is 0 Å². The SMILES string of the molecule is COC(=O)C1COCCN1S(=O)(=O)c1ncccc1F. The van der Waals surface area contributed by atoms with E-state index < -0.39 is 32.9 Å². The summed E-state index contributed by atoms with van der Waals surface area (Å²) in [6.45, 7) is -0.0976. The van der Waals surface area contributed by atoms with Gasteiger partial charge in [-0.3, -0.25) is 4.79 Å². The molecule has 0 amide bonds. The number of ether oxygens (including phenoxy) is 2. The number of morpholine rings is 1. The van der Waals surface area contributed by atoms with E-state index in [4.69, 9.17) is 4.74 Å². The van der Waals surface area contributed by atoms with E-state index in [1.54, 1.807) is 0 Å². The molecule has 20 heavy (non-hydrogen) atoms. The van der Waals surface area contributed by atoms with Crippen LogP contribution in [0, 0.1) is 5.82 Å². The molecule has 1 atom stereocenters. The van der Waals surface area contributed by atoms with Gasteiger partial charge >= 0.3 is 5.97 Å². The molecule has 2 rings (SSSR count). The van der Waals surface area contributed by atoms with Crippen molar-refractivity contribution in [3.05, 3.63) is 24.1 Å². The molecule has 1 aliphatic rings. The number of hydrogen-bond acceptors (Lipinski definition) is 6. The Kier molecular flexibility index (Phi) is 4.31. The Morgan fingerprint density at radius 3 is 3.00 bits per heavy atom. The quantitative estimate of drug-likeness (QED) is 0.718. The molecule has 0 aliphatic carbocycles. The summed E-state index contributed by atoms with van der Waals surface area (Å²) < 4.78 is 48.9. The fraction of sp³-hybridized carbons (Fsp3) is 0.455. The van der Waals surface area contributed by atoms with Crippen LogP contribution in [0.15, 0.2) is 23.4 Å². The predicted molar refractivity (Wildman–Crippen MR) is 64.7 cm³/mol. The lowest BCUT2D eigenvalue weighted by Crippen LogP contribution is -2.53. The average Bonchev–Trinajstić information content (AvgIpc) is 2.46. The Bertz CT molecular complexity index is 607. The zero-order valence-corrected chi connectivity index (χ0v) is 11.5. The number of rotatable bonds is 3. The van der Waals surface area contributed by atoms with Crippen molar-refractivity contribution in [2.45, 2.75) is 11.1 Å². The van der Waals surface area contributed by atoms with Crippen molar-refractivity contribution in [1.82, 2.24) is 9.29 Å². The van der Waals surface area contributed by atoms with Gasteiger partial charge in [0.1, 0.15) is 6.04 Å². The summed E-state index contributed by atoms with van der Waals surface area (Å²) in [5, 5.41) is -0.712. The first-order valence-electron chi connectivity index (χ1n) is 5.76. The highest BCUT2D eigenvalue weighted by atomic mass is 32.2.